The molecule has 0 aliphatic rings. The minimum absolute atomic E-state index is 0.00643. The van der Waals surface area contributed by atoms with E-state index in [0.717, 1.165) is 18.6 Å². The molecule has 2 heterocycles. The zero-order valence-electron chi connectivity index (χ0n) is 15.5. The normalized spacial score (nSPS) is 11.4. The molecule has 0 aliphatic carbocycles. The van der Waals surface area contributed by atoms with Crippen LogP contribution in [0.5, 0.6) is 17.4 Å². The molecule has 30 heavy (non-hydrogen) atoms. The first-order valence-corrected chi connectivity index (χ1v) is 8.70. The maximum absolute atomic E-state index is 14.3. The van der Waals surface area contributed by atoms with Gasteiger partial charge in [-0.05, 0) is 30.7 Å². The molecule has 0 bridgehead atoms. The highest BCUT2D eigenvalue weighted by molar-refractivity contribution is 5.44. The van der Waals surface area contributed by atoms with Gasteiger partial charge in [0.1, 0.15) is 17.3 Å². The Morgan fingerprint density at radius 2 is 1.93 bits per heavy atom. The van der Waals surface area contributed by atoms with Gasteiger partial charge in [0, 0.05) is 18.3 Å². The summed E-state index contributed by atoms with van der Waals surface area (Å²) in [5.74, 6) is -0.637. The van der Waals surface area contributed by atoms with E-state index in [0.29, 0.717) is 6.61 Å². The van der Waals surface area contributed by atoms with E-state index in [4.69, 9.17) is 9.47 Å². The molecule has 7 nitrogen and oxygen atoms in total. The topological polar surface area (TPSA) is 86.2 Å². The summed E-state index contributed by atoms with van der Waals surface area (Å²) in [5, 5.41) is 0. The van der Waals surface area contributed by atoms with Crippen molar-refractivity contribution in [2.24, 2.45) is 0 Å². The predicted octanol–water partition coefficient (Wildman–Crippen LogP) is 3.66. The number of ether oxygens (including phenoxy) is 2. The van der Waals surface area contributed by atoms with E-state index >= 15 is 0 Å². The van der Waals surface area contributed by atoms with Gasteiger partial charge < -0.3 is 14.5 Å². The summed E-state index contributed by atoms with van der Waals surface area (Å²) in [4.78, 5) is 29.7. The van der Waals surface area contributed by atoms with Crippen LogP contribution in [0.1, 0.15) is 19.0 Å². The van der Waals surface area contributed by atoms with Gasteiger partial charge in [0.15, 0.2) is 5.75 Å². The Bertz CT molecular complexity index is 1140. The molecule has 3 aromatic rings. The van der Waals surface area contributed by atoms with E-state index in [1.165, 1.54) is 23.3 Å². The van der Waals surface area contributed by atoms with Gasteiger partial charge in [-0.3, -0.25) is 4.79 Å². The number of alkyl halides is 3. The van der Waals surface area contributed by atoms with Crippen LogP contribution in [0.25, 0.3) is 5.69 Å². The maximum atomic E-state index is 14.3. The molecule has 0 atom stereocenters. The lowest BCUT2D eigenvalue weighted by Crippen LogP contribution is -2.36. The molecule has 1 aromatic carbocycles. The van der Waals surface area contributed by atoms with E-state index in [9.17, 15) is 27.2 Å². The molecule has 0 fully saturated rings. The summed E-state index contributed by atoms with van der Waals surface area (Å²) in [5.41, 5.74) is -4.91. The van der Waals surface area contributed by atoms with Crippen molar-refractivity contribution < 1.29 is 27.0 Å². The first kappa shape index (κ1) is 21.1. The SMILES string of the molecule is CCCOc1ncccc1Oc1ccc(F)c(-n2c(=O)cc(C(F)(F)F)[nH]c2=O)c1. The molecule has 1 N–H and O–H groups in total. The summed E-state index contributed by atoms with van der Waals surface area (Å²) in [6.07, 6.45) is -2.73. The van der Waals surface area contributed by atoms with Gasteiger partial charge in [-0.2, -0.15) is 13.2 Å². The minimum Gasteiger partial charge on any atom is -0.475 e. The first-order valence-electron chi connectivity index (χ1n) is 8.70. The lowest BCUT2D eigenvalue weighted by Gasteiger charge is -2.13. The van der Waals surface area contributed by atoms with Crippen molar-refractivity contribution in [1.29, 1.82) is 0 Å². The quantitative estimate of drug-likeness (QED) is 0.610. The molecule has 2 aromatic heterocycles. The zero-order valence-corrected chi connectivity index (χ0v) is 15.5. The van der Waals surface area contributed by atoms with Gasteiger partial charge in [0.05, 0.1) is 12.3 Å². The van der Waals surface area contributed by atoms with E-state index < -0.39 is 34.6 Å². The number of hydrogen-bond donors (Lipinski definition) is 1. The average Bonchev–Trinajstić information content (AvgIpc) is 2.68. The van der Waals surface area contributed by atoms with Crippen molar-refractivity contribution in [1.82, 2.24) is 14.5 Å². The van der Waals surface area contributed by atoms with Crippen molar-refractivity contribution in [2.45, 2.75) is 19.5 Å². The van der Waals surface area contributed by atoms with Crippen LogP contribution in [0.3, 0.4) is 0 Å². The molecule has 0 spiro atoms. The zero-order chi connectivity index (χ0) is 21.9. The summed E-state index contributed by atoms with van der Waals surface area (Å²) >= 11 is 0. The van der Waals surface area contributed by atoms with Crippen molar-refractivity contribution in [3.8, 4) is 23.1 Å². The molecule has 0 saturated carbocycles. The second-order valence-electron chi connectivity index (χ2n) is 6.03. The summed E-state index contributed by atoms with van der Waals surface area (Å²) in [6, 6.07) is 6.43. The maximum Gasteiger partial charge on any atom is 0.431 e. The minimum atomic E-state index is -4.93. The van der Waals surface area contributed by atoms with E-state index in [2.05, 4.69) is 4.98 Å². The van der Waals surface area contributed by atoms with Crippen molar-refractivity contribution in [3.05, 3.63) is 74.9 Å². The van der Waals surface area contributed by atoms with E-state index in [-0.39, 0.29) is 28.0 Å². The molecule has 0 radical (unpaired) electrons. The van der Waals surface area contributed by atoms with Crippen molar-refractivity contribution >= 4 is 0 Å². The standard InChI is InChI=1S/C19H15F4N3O4/c1-2-8-29-17-14(4-3-7-24-17)30-11-5-6-12(20)13(9-11)26-16(27)10-15(19(21,22)23)25-18(26)28/h3-7,9-10H,2,8H2,1H3,(H,25,28). The van der Waals surface area contributed by atoms with Gasteiger partial charge in [-0.15, -0.1) is 0 Å². The average molecular weight is 425 g/mol. The monoisotopic (exact) mass is 425 g/mol. The largest absolute Gasteiger partial charge is 0.475 e. The fourth-order valence-corrected chi connectivity index (χ4v) is 2.49. The third kappa shape index (κ3) is 4.50. The van der Waals surface area contributed by atoms with Gasteiger partial charge in [0.2, 0.25) is 0 Å². The summed E-state index contributed by atoms with van der Waals surface area (Å²) in [6.45, 7) is 2.27. The molecule has 0 aliphatic heterocycles. The van der Waals surface area contributed by atoms with Gasteiger partial charge in [0.25, 0.3) is 11.4 Å². The molecular weight excluding hydrogens is 410 g/mol. The van der Waals surface area contributed by atoms with Crippen molar-refractivity contribution in [2.75, 3.05) is 6.61 Å². The van der Waals surface area contributed by atoms with E-state index in [1.54, 1.807) is 6.07 Å². The highest BCUT2D eigenvalue weighted by Gasteiger charge is 2.33. The number of pyridine rings is 1. The predicted molar refractivity (Wildman–Crippen MR) is 97.7 cm³/mol. The van der Waals surface area contributed by atoms with Crippen LogP contribution in [0.15, 0.2) is 52.2 Å². The molecular formula is C19H15F4N3O4. The van der Waals surface area contributed by atoms with Crippen LogP contribution < -0.4 is 20.7 Å². The second kappa shape index (κ2) is 8.39. The smallest absolute Gasteiger partial charge is 0.431 e. The van der Waals surface area contributed by atoms with Crippen LogP contribution in [0.4, 0.5) is 17.6 Å². The van der Waals surface area contributed by atoms with Crippen LogP contribution >= 0.6 is 0 Å². The number of hydrogen-bond acceptors (Lipinski definition) is 5. The van der Waals surface area contributed by atoms with Crippen LogP contribution in [0.2, 0.25) is 0 Å². The number of H-pyrrole nitrogens is 1. The number of aromatic amines is 1. The Morgan fingerprint density at radius 1 is 1.17 bits per heavy atom. The third-order valence-electron chi connectivity index (χ3n) is 3.80. The first-order chi connectivity index (χ1) is 14.2. The number of rotatable bonds is 6. The fraction of sp³-hybridized carbons (Fsp3) is 0.211. The Hall–Kier alpha value is -3.63. The number of halogens is 4. The Kier molecular flexibility index (Phi) is 5.90. The number of nitrogens with one attached hydrogen (secondary N) is 1. The highest BCUT2D eigenvalue weighted by Crippen LogP contribution is 2.31. The van der Waals surface area contributed by atoms with Gasteiger partial charge in [-0.25, -0.2) is 18.7 Å². The molecule has 3 rings (SSSR count). The number of benzene rings is 1. The lowest BCUT2D eigenvalue weighted by atomic mass is 10.2. The molecule has 11 heteroatoms. The van der Waals surface area contributed by atoms with Crippen LogP contribution in [-0.4, -0.2) is 21.1 Å². The molecule has 158 valence electrons. The van der Waals surface area contributed by atoms with Crippen LogP contribution in [-0.2, 0) is 6.18 Å². The second-order valence-corrected chi connectivity index (χ2v) is 6.03. The van der Waals surface area contributed by atoms with Gasteiger partial charge >= 0.3 is 11.9 Å². The van der Waals surface area contributed by atoms with E-state index in [1.807, 2.05) is 6.92 Å². The molecule has 0 saturated heterocycles. The summed E-state index contributed by atoms with van der Waals surface area (Å²) in [7, 11) is 0. The third-order valence-corrected chi connectivity index (χ3v) is 3.80. The van der Waals surface area contributed by atoms with Crippen molar-refractivity contribution in [3.63, 3.8) is 0 Å². The number of aromatic nitrogens is 3. The van der Waals surface area contributed by atoms with Crippen LogP contribution in [0, 0.1) is 5.82 Å². The highest BCUT2D eigenvalue weighted by atomic mass is 19.4. The van der Waals surface area contributed by atoms with Gasteiger partial charge in [-0.1, -0.05) is 6.92 Å². The fourth-order valence-electron chi connectivity index (χ4n) is 2.49. The Morgan fingerprint density at radius 3 is 2.60 bits per heavy atom. The lowest BCUT2D eigenvalue weighted by molar-refractivity contribution is -0.141. The Labute approximate surface area is 166 Å². The summed E-state index contributed by atoms with van der Waals surface area (Å²) < 4.78 is 63.9. The number of nitrogens with zero attached hydrogens (tertiary/aromatic N) is 2. The Balaban J connectivity index is 2.02. The molecule has 0 amide bonds. The molecule has 0 unspecified atom stereocenters.